The van der Waals surface area contributed by atoms with Crippen molar-refractivity contribution >= 4 is 10.0 Å². The fourth-order valence-electron chi connectivity index (χ4n) is 1.86. The van der Waals surface area contributed by atoms with E-state index in [0.29, 0.717) is 24.7 Å². The molecule has 0 atom stereocenters. The van der Waals surface area contributed by atoms with Crippen molar-refractivity contribution in [2.24, 2.45) is 0 Å². The predicted octanol–water partition coefficient (Wildman–Crippen LogP) is 2.16. The average Bonchev–Trinajstić information content (AvgIpc) is 3.22. The summed E-state index contributed by atoms with van der Waals surface area (Å²) in [6.45, 7) is 2.77. The van der Waals surface area contributed by atoms with E-state index in [1.807, 2.05) is 6.92 Å². The molecule has 1 aromatic carbocycles. The van der Waals surface area contributed by atoms with Crippen LogP contribution in [-0.2, 0) is 16.6 Å². The van der Waals surface area contributed by atoms with Crippen molar-refractivity contribution in [2.45, 2.75) is 50.1 Å². The van der Waals surface area contributed by atoms with Crippen LogP contribution in [0.2, 0.25) is 0 Å². The van der Waals surface area contributed by atoms with Gasteiger partial charge in [0.15, 0.2) is 0 Å². The molecule has 4 nitrogen and oxygen atoms in total. The molecule has 1 aromatic rings. The zero-order valence-corrected chi connectivity index (χ0v) is 12.5. The number of hydrogen-bond acceptors (Lipinski definition) is 3. The first-order valence-corrected chi connectivity index (χ1v) is 8.52. The van der Waals surface area contributed by atoms with Gasteiger partial charge in [-0.3, -0.25) is 0 Å². The Bertz CT molecular complexity index is 556. The smallest absolute Gasteiger partial charge is 0.240 e. The van der Waals surface area contributed by atoms with Gasteiger partial charge in [0, 0.05) is 24.7 Å². The summed E-state index contributed by atoms with van der Waals surface area (Å²) in [5.41, 5.74) is 0.398. The number of hydrogen-bond donors (Lipinski definition) is 2. The van der Waals surface area contributed by atoms with Crippen LogP contribution < -0.4 is 10.0 Å². The Kier molecular flexibility index (Phi) is 5.12. The molecule has 20 heavy (non-hydrogen) atoms. The van der Waals surface area contributed by atoms with Gasteiger partial charge in [-0.15, -0.1) is 0 Å². The number of sulfonamides is 1. The second kappa shape index (κ2) is 6.65. The molecule has 1 aliphatic carbocycles. The van der Waals surface area contributed by atoms with Crippen LogP contribution in [0.3, 0.4) is 0 Å². The first kappa shape index (κ1) is 15.4. The molecule has 1 fully saturated rings. The van der Waals surface area contributed by atoms with E-state index in [2.05, 4.69) is 10.0 Å². The molecular weight excluding hydrogens is 279 g/mol. The molecule has 0 bridgehead atoms. The minimum atomic E-state index is -3.54. The van der Waals surface area contributed by atoms with Crippen LogP contribution in [0.4, 0.5) is 4.39 Å². The van der Waals surface area contributed by atoms with Gasteiger partial charge in [0.1, 0.15) is 5.82 Å². The highest BCUT2D eigenvalue weighted by molar-refractivity contribution is 7.89. The lowest BCUT2D eigenvalue weighted by Crippen LogP contribution is -2.25. The molecule has 0 saturated heterocycles. The van der Waals surface area contributed by atoms with Crippen molar-refractivity contribution in [3.63, 3.8) is 0 Å². The molecule has 6 heteroatoms. The second-order valence-electron chi connectivity index (χ2n) is 5.16. The number of rotatable bonds is 8. The molecule has 0 heterocycles. The Morgan fingerprint density at radius 1 is 1.35 bits per heavy atom. The SMILES string of the molecule is CCCCNS(=O)(=O)c1ccc(F)c(CNC2CC2)c1. The summed E-state index contributed by atoms with van der Waals surface area (Å²) in [6, 6.07) is 4.40. The highest BCUT2D eigenvalue weighted by Gasteiger charge is 2.21. The van der Waals surface area contributed by atoms with Crippen molar-refractivity contribution in [3.8, 4) is 0 Å². The molecule has 0 unspecified atom stereocenters. The summed E-state index contributed by atoms with van der Waals surface area (Å²) in [5.74, 6) is -0.370. The Labute approximate surface area is 119 Å². The molecular formula is C14H21FN2O2S. The summed E-state index contributed by atoms with van der Waals surface area (Å²) < 4.78 is 40.3. The van der Waals surface area contributed by atoms with E-state index in [-0.39, 0.29) is 10.7 Å². The van der Waals surface area contributed by atoms with Gasteiger partial charge in [0.25, 0.3) is 0 Å². The van der Waals surface area contributed by atoms with E-state index < -0.39 is 10.0 Å². The quantitative estimate of drug-likeness (QED) is 0.723. The standard InChI is InChI=1S/C14H21FN2O2S/c1-2-3-8-17-20(18,19)13-6-7-14(15)11(9-13)10-16-12-4-5-12/h6-7,9,12,16-17H,2-5,8,10H2,1H3. The molecule has 0 amide bonds. The van der Waals surface area contributed by atoms with E-state index in [0.717, 1.165) is 25.7 Å². The van der Waals surface area contributed by atoms with E-state index in [9.17, 15) is 12.8 Å². The third kappa shape index (κ3) is 4.26. The van der Waals surface area contributed by atoms with Crippen LogP contribution >= 0.6 is 0 Å². The molecule has 0 spiro atoms. The zero-order chi connectivity index (χ0) is 14.6. The fraction of sp³-hybridized carbons (Fsp3) is 0.571. The maximum atomic E-state index is 13.7. The number of halogens is 1. The van der Waals surface area contributed by atoms with Gasteiger partial charge in [-0.05, 0) is 37.5 Å². The molecule has 0 aliphatic heterocycles. The summed E-state index contributed by atoms with van der Waals surface area (Å²) >= 11 is 0. The normalized spacial score (nSPS) is 15.5. The Morgan fingerprint density at radius 2 is 2.10 bits per heavy atom. The first-order chi connectivity index (χ1) is 9.53. The van der Waals surface area contributed by atoms with Crippen LogP contribution in [0.25, 0.3) is 0 Å². The van der Waals surface area contributed by atoms with E-state index in [1.165, 1.54) is 18.2 Å². The maximum Gasteiger partial charge on any atom is 0.240 e. The second-order valence-corrected chi connectivity index (χ2v) is 6.93. The van der Waals surface area contributed by atoms with Crippen molar-refractivity contribution in [1.29, 1.82) is 0 Å². The fourth-order valence-corrected chi connectivity index (χ4v) is 2.99. The Morgan fingerprint density at radius 3 is 2.75 bits per heavy atom. The number of benzene rings is 1. The summed E-state index contributed by atoms with van der Waals surface area (Å²) in [4.78, 5) is 0.127. The van der Waals surface area contributed by atoms with Gasteiger partial charge < -0.3 is 5.32 Å². The van der Waals surface area contributed by atoms with Crippen molar-refractivity contribution in [2.75, 3.05) is 6.54 Å². The third-order valence-corrected chi connectivity index (χ3v) is 4.77. The largest absolute Gasteiger partial charge is 0.310 e. The minimum Gasteiger partial charge on any atom is -0.310 e. The van der Waals surface area contributed by atoms with Gasteiger partial charge in [0.05, 0.1) is 4.90 Å². The van der Waals surface area contributed by atoms with Crippen molar-refractivity contribution < 1.29 is 12.8 Å². The number of nitrogens with one attached hydrogen (secondary N) is 2. The monoisotopic (exact) mass is 300 g/mol. The lowest BCUT2D eigenvalue weighted by Gasteiger charge is -2.09. The van der Waals surface area contributed by atoms with Gasteiger partial charge in [0.2, 0.25) is 10.0 Å². The molecule has 0 aromatic heterocycles. The van der Waals surface area contributed by atoms with Crippen LogP contribution in [-0.4, -0.2) is 21.0 Å². The molecule has 1 saturated carbocycles. The van der Waals surface area contributed by atoms with Crippen LogP contribution in [0, 0.1) is 5.82 Å². The summed E-state index contributed by atoms with van der Waals surface area (Å²) in [5, 5.41) is 3.19. The van der Waals surface area contributed by atoms with Gasteiger partial charge in [-0.2, -0.15) is 0 Å². The average molecular weight is 300 g/mol. The maximum absolute atomic E-state index is 13.7. The summed E-state index contributed by atoms with van der Waals surface area (Å²) in [7, 11) is -3.54. The molecule has 2 N–H and O–H groups in total. The molecule has 1 aliphatic rings. The Balaban J connectivity index is 2.08. The van der Waals surface area contributed by atoms with Gasteiger partial charge >= 0.3 is 0 Å². The van der Waals surface area contributed by atoms with E-state index in [1.54, 1.807) is 0 Å². The molecule has 0 radical (unpaired) electrons. The van der Waals surface area contributed by atoms with Gasteiger partial charge in [-0.25, -0.2) is 17.5 Å². The molecule has 2 rings (SSSR count). The number of unbranched alkanes of at least 4 members (excludes halogenated alkanes) is 1. The van der Waals surface area contributed by atoms with Crippen LogP contribution in [0.15, 0.2) is 23.1 Å². The highest BCUT2D eigenvalue weighted by Crippen LogP contribution is 2.21. The van der Waals surface area contributed by atoms with Gasteiger partial charge in [-0.1, -0.05) is 13.3 Å². The van der Waals surface area contributed by atoms with Crippen molar-refractivity contribution in [3.05, 3.63) is 29.6 Å². The minimum absolute atomic E-state index is 0.127. The predicted molar refractivity (Wildman–Crippen MR) is 76.4 cm³/mol. The third-order valence-electron chi connectivity index (χ3n) is 3.31. The Hall–Kier alpha value is -0.980. The molecule has 112 valence electrons. The van der Waals surface area contributed by atoms with E-state index >= 15 is 0 Å². The van der Waals surface area contributed by atoms with Crippen LogP contribution in [0.1, 0.15) is 38.2 Å². The zero-order valence-electron chi connectivity index (χ0n) is 11.7. The highest BCUT2D eigenvalue weighted by atomic mass is 32.2. The first-order valence-electron chi connectivity index (χ1n) is 7.04. The lowest BCUT2D eigenvalue weighted by molar-refractivity contribution is 0.572. The van der Waals surface area contributed by atoms with E-state index in [4.69, 9.17) is 0 Å². The van der Waals surface area contributed by atoms with Crippen LogP contribution in [0.5, 0.6) is 0 Å². The lowest BCUT2D eigenvalue weighted by atomic mass is 10.2. The van der Waals surface area contributed by atoms with Crippen molar-refractivity contribution in [1.82, 2.24) is 10.0 Å². The summed E-state index contributed by atoms with van der Waals surface area (Å²) in [6.07, 6.45) is 3.93. The topological polar surface area (TPSA) is 58.2 Å².